The summed E-state index contributed by atoms with van der Waals surface area (Å²) in [7, 11) is 4.16. The number of likely N-dealkylation sites (N-methyl/N-ethyl adjacent to an activating group) is 1. The predicted molar refractivity (Wildman–Crippen MR) is 120 cm³/mol. The number of hydrogen-bond donors (Lipinski definition) is 0. The fourth-order valence-electron chi connectivity index (χ4n) is 5.22. The first kappa shape index (κ1) is 23.7. The highest BCUT2D eigenvalue weighted by molar-refractivity contribution is 6.07. The Hall–Kier alpha value is -1.95. The largest absolute Gasteiger partial charge is 0.460 e. The first-order valence-electron chi connectivity index (χ1n) is 11.6. The molecule has 31 heavy (non-hydrogen) atoms. The molecule has 2 fully saturated rings. The summed E-state index contributed by atoms with van der Waals surface area (Å²) in [6.07, 6.45) is 7.59. The van der Waals surface area contributed by atoms with Crippen molar-refractivity contribution in [3.8, 4) is 0 Å². The third-order valence-electron chi connectivity index (χ3n) is 6.58. The first-order valence-corrected chi connectivity index (χ1v) is 11.6. The van der Waals surface area contributed by atoms with Crippen molar-refractivity contribution >= 4 is 17.8 Å². The molecule has 0 radical (unpaired) electrons. The number of carbonyl (C=O) groups is 3. The molecule has 0 aromatic rings. The molecule has 3 rings (SSSR count). The summed E-state index contributed by atoms with van der Waals surface area (Å²) in [5.74, 6) is -0.0151. The fraction of sp³-hybridized carbons (Fsp3) is 0.720. The molecule has 2 bridgehead atoms. The molecule has 1 saturated carbocycles. The van der Waals surface area contributed by atoms with Crippen LogP contribution in [0.3, 0.4) is 0 Å². The summed E-state index contributed by atoms with van der Waals surface area (Å²) in [5, 5.41) is 0. The van der Waals surface area contributed by atoms with Gasteiger partial charge in [0.05, 0.1) is 52.0 Å². The van der Waals surface area contributed by atoms with E-state index >= 15 is 0 Å². The number of likely N-dealkylation sites (tertiary alicyclic amines) is 1. The van der Waals surface area contributed by atoms with Crippen LogP contribution in [0.15, 0.2) is 23.8 Å². The molecular weight excluding hydrogens is 392 g/mol. The number of quaternary nitrogens is 1. The van der Waals surface area contributed by atoms with E-state index in [4.69, 9.17) is 4.74 Å². The number of carbonyl (C=O) groups excluding carboxylic acids is 3. The molecule has 172 valence electrons. The Labute approximate surface area is 186 Å². The van der Waals surface area contributed by atoms with E-state index in [0.717, 1.165) is 6.54 Å². The zero-order chi connectivity index (χ0) is 23.1. The van der Waals surface area contributed by atoms with Crippen molar-refractivity contribution in [2.45, 2.75) is 53.1 Å². The van der Waals surface area contributed by atoms with Gasteiger partial charge in [-0.1, -0.05) is 37.6 Å². The monoisotopic (exact) mass is 431 g/mol. The van der Waals surface area contributed by atoms with E-state index in [0.29, 0.717) is 36.3 Å². The molecule has 0 spiro atoms. The number of allylic oxidation sites excluding steroid dienone is 4. The Morgan fingerprint density at radius 3 is 2.13 bits per heavy atom. The summed E-state index contributed by atoms with van der Waals surface area (Å²) >= 11 is 0. The average Bonchev–Trinajstić information content (AvgIpc) is 3.21. The molecule has 0 aromatic carbocycles. The topological polar surface area (TPSA) is 63.7 Å². The van der Waals surface area contributed by atoms with E-state index in [-0.39, 0.29) is 41.5 Å². The summed E-state index contributed by atoms with van der Waals surface area (Å²) in [4.78, 5) is 39.7. The summed E-state index contributed by atoms with van der Waals surface area (Å²) < 4.78 is 6.02. The standard InChI is InChI=1S/C25H39N2O4/c1-16(2)15-19-17-10-11-18(19)22-21(17)23(29)26(24(22)30)12-14-27(6,7)13-8-9-20(28)31-25(3,4)5/h10-11,15-18,21-22H,8-9,12-14H2,1-7H3/q+1/t17?,18?,21-,22+. The first-order chi connectivity index (χ1) is 14.3. The van der Waals surface area contributed by atoms with Gasteiger partial charge in [-0.15, -0.1) is 0 Å². The maximum atomic E-state index is 13.1. The van der Waals surface area contributed by atoms with Crippen molar-refractivity contribution in [2.75, 3.05) is 33.7 Å². The van der Waals surface area contributed by atoms with Crippen molar-refractivity contribution in [2.24, 2.45) is 29.6 Å². The van der Waals surface area contributed by atoms with Crippen LogP contribution < -0.4 is 0 Å². The van der Waals surface area contributed by atoms with Crippen LogP contribution >= 0.6 is 0 Å². The number of esters is 1. The van der Waals surface area contributed by atoms with Crippen LogP contribution in [-0.4, -0.2) is 66.5 Å². The molecule has 2 aliphatic carbocycles. The SMILES string of the molecule is CC(C)C=C1C2C=CC1[C@@H]1C(=O)N(CC[N+](C)(C)CCCC(=O)OC(C)(C)C)C(=O)[C@H]21. The van der Waals surface area contributed by atoms with E-state index in [9.17, 15) is 14.4 Å². The molecule has 0 aromatic heterocycles. The minimum Gasteiger partial charge on any atom is -0.460 e. The number of ether oxygens (including phenoxy) is 1. The Balaban J connectivity index is 1.53. The van der Waals surface area contributed by atoms with Crippen molar-refractivity contribution in [3.05, 3.63) is 23.8 Å². The van der Waals surface area contributed by atoms with Gasteiger partial charge < -0.3 is 9.22 Å². The van der Waals surface area contributed by atoms with Gasteiger partial charge >= 0.3 is 5.97 Å². The van der Waals surface area contributed by atoms with Crippen LogP contribution in [0.4, 0.5) is 0 Å². The minimum atomic E-state index is -0.464. The zero-order valence-electron chi connectivity index (χ0n) is 20.2. The normalized spacial score (nSPS) is 28.9. The highest BCUT2D eigenvalue weighted by Gasteiger charge is 2.61. The lowest BCUT2D eigenvalue weighted by atomic mass is 9.85. The quantitative estimate of drug-likeness (QED) is 0.256. The molecular formula is C25H39N2O4+. The third kappa shape index (κ3) is 5.11. The Morgan fingerprint density at radius 1 is 1.10 bits per heavy atom. The van der Waals surface area contributed by atoms with Crippen molar-refractivity contribution in [1.29, 1.82) is 0 Å². The average molecular weight is 432 g/mol. The third-order valence-corrected chi connectivity index (χ3v) is 6.58. The second-order valence-corrected chi connectivity index (χ2v) is 11.3. The van der Waals surface area contributed by atoms with Crippen LogP contribution in [0, 0.1) is 29.6 Å². The van der Waals surface area contributed by atoms with E-state index in [1.54, 1.807) is 0 Å². The van der Waals surface area contributed by atoms with Crippen LogP contribution in [0.2, 0.25) is 0 Å². The molecule has 0 N–H and O–H groups in total. The number of imide groups is 1. The zero-order valence-corrected chi connectivity index (χ0v) is 20.2. The minimum absolute atomic E-state index is 0.00439. The number of fused-ring (bicyclic) bond motifs is 5. The highest BCUT2D eigenvalue weighted by Crippen LogP contribution is 2.55. The van der Waals surface area contributed by atoms with E-state index in [1.807, 2.05) is 20.8 Å². The van der Waals surface area contributed by atoms with Gasteiger partial charge in [-0.25, -0.2) is 0 Å². The summed E-state index contributed by atoms with van der Waals surface area (Å²) in [6.45, 7) is 11.8. The van der Waals surface area contributed by atoms with Crippen molar-refractivity contribution in [3.63, 3.8) is 0 Å². The van der Waals surface area contributed by atoms with E-state index in [1.165, 1.54) is 10.5 Å². The Morgan fingerprint density at radius 2 is 1.65 bits per heavy atom. The predicted octanol–water partition coefficient (Wildman–Crippen LogP) is 3.18. The second-order valence-electron chi connectivity index (χ2n) is 11.3. The van der Waals surface area contributed by atoms with Gasteiger partial charge in [0.25, 0.3) is 0 Å². The Kier molecular flexibility index (Phi) is 6.52. The fourth-order valence-corrected chi connectivity index (χ4v) is 5.22. The molecule has 1 saturated heterocycles. The van der Waals surface area contributed by atoms with E-state index < -0.39 is 5.60 Å². The van der Waals surface area contributed by atoms with Gasteiger partial charge in [0, 0.05) is 18.3 Å². The Bertz CT molecular complexity index is 769. The van der Waals surface area contributed by atoms with Crippen molar-refractivity contribution in [1.82, 2.24) is 4.90 Å². The van der Waals surface area contributed by atoms with Gasteiger partial charge in [-0.3, -0.25) is 19.3 Å². The van der Waals surface area contributed by atoms with Gasteiger partial charge in [0.1, 0.15) is 5.60 Å². The summed E-state index contributed by atoms with van der Waals surface area (Å²) in [5.41, 5.74) is 0.804. The van der Waals surface area contributed by atoms with Gasteiger partial charge in [-0.2, -0.15) is 0 Å². The van der Waals surface area contributed by atoms with Crippen LogP contribution in [0.25, 0.3) is 0 Å². The lowest BCUT2D eigenvalue weighted by molar-refractivity contribution is -0.889. The molecule has 6 nitrogen and oxygen atoms in total. The van der Waals surface area contributed by atoms with Crippen LogP contribution in [-0.2, 0) is 19.1 Å². The number of rotatable bonds is 8. The lowest BCUT2D eigenvalue weighted by Gasteiger charge is -2.31. The number of hydrogen-bond acceptors (Lipinski definition) is 4. The number of amides is 2. The van der Waals surface area contributed by atoms with Crippen LogP contribution in [0.1, 0.15) is 47.5 Å². The molecule has 1 aliphatic heterocycles. The van der Waals surface area contributed by atoms with Crippen molar-refractivity contribution < 1.29 is 23.6 Å². The maximum Gasteiger partial charge on any atom is 0.306 e. The highest BCUT2D eigenvalue weighted by atomic mass is 16.6. The maximum absolute atomic E-state index is 13.1. The van der Waals surface area contributed by atoms with Gasteiger partial charge in [-0.05, 0) is 26.7 Å². The molecule has 1 heterocycles. The smallest absolute Gasteiger partial charge is 0.306 e. The van der Waals surface area contributed by atoms with Gasteiger partial charge in [0.15, 0.2) is 0 Å². The van der Waals surface area contributed by atoms with Gasteiger partial charge in [0.2, 0.25) is 11.8 Å². The van der Waals surface area contributed by atoms with E-state index in [2.05, 4.69) is 46.2 Å². The molecule has 2 amide bonds. The molecule has 6 heteroatoms. The molecule has 4 atom stereocenters. The van der Waals surface area contributed by atoms with Crippen LogP contribution in [0.5, 0.6) is 0 Å². The summed E-state index contributed by atoms with van der Waals surface area (Å²) in [6, 6.07) is 0. The molecule has 2 unspecified atom stereocenters. The number of nitrogens with zero attached hydrogens (tertiary/aromatic N) is 2. The second kappa shape index (κ2) is 8.53. The molecule has 3 aliphatic rings. The lowest BCUT2D eigenvalue weighted by Crippen LogP contribution is -2.48.